The number of guanidine groups is 1. The Labute approximate surface area is 163 Å². The average Bonchev–Trinajstić information content (AvgIpc) is 3.24. The molecule has 0 saturated carbocycles. The van der Waals surface area contributed by atoms with Crippen molar-refractivity contribution in [3.63, 3.8) is 0 Å². The van der Waals surface area contributed by atoms with Gasteiger partial charge in [0.25, 0.3) is 0 Å². The van der Waals surface area contributed by atoms with Crippen LogP contribution in [0.5, 0.6) is 5.75 Å². The minimum atomic E-state index is 0.250. The Kier molecular flexibility index (Phi) is 9.97. The zero-order valence-electron chi connectivity index (χ0n) is 16.9. The van der Waals surface area contributed by atoms with Gasteiger partial charge in [0, 0.05) is 32.8 Å². The molecule has 1 aromatic carbocycles. The highest BCUT2D eigenvalue weighted by atomic mass is 16.5. The standard InChI is InChI=1S/C20H34N4O3/c1-21-20(22-10-13-27-15-14-25-2)23-16-18(24-11-6-7-12-24)17-8-4-5-9-19(17)26-3/h4-5,8-9,18H,6-7,10-16H2,1-3H3,(H2,21,22,23). The fraction of sp³-hybridized carbons (Fsp3) is 0.650. The van der Waals surface area contributed by atoms with E-state index in [1.807, 2.05) is 12.1 Å². The van der Waals surface area contributed by atoms with E-state index in [1.54, 1.807) is 21.3 Å². The Morgan fingerprint density at radius 2 is 1.89 bits per heavy atom. The summed E-state index contributed by atoms with van der Waals surface area (Å²) in [5.74, 6) is 1.72. The van der Waals surface area contributed by atoms with Crippen molar-refractivity contribution in [1.29, 1.82) is 0 Å². The molecule has 7 heteroatoms. The fourth-order valence-electron chi connectivity index (χ4n) is 3.33. The summed E-state index contributed by atoms with van der Waals surface area (Å²) in [6.45, 7) is 5.54. The Morgan fingerprint density at radius 3 is 2.59 bits per heavy atom. The van der Waals surface area contributed by atoms with Gasteiger partial charge in [-0.2, -0.15) is 0 Å². The van der Waals surface area contributed by atoms with E-state index >= 15 is 0 Å². The third-order valence-corrected chi connectivity index (χ3v) is 4.74. The summed E-state index contributed by atoms with van der Waals surface area (Å²) >= 11 is 0. The van der Waals surface area contributed by atoms with Crippen LogP contribution in [0.1, 0.15) is 24.4 Å². The van der Waals surface area contributed by atoms with Gasteiger partial charge in [-0.1, -0.05) is 18.2 Å². The molecule has 2 N–H and O–H groups in total. The van der Waals surface area contributed by atoms with Crippen LogP contribution in [-0.4, -0.2) is 78.1 Å². The normalized spacial score (nSPS) is 16.3. The molecule has 0 amide bonds. The zero-order valence-corrected chi connectivity index (χ0v) is 16.9. The van der Waals surface area contributed by atoms with Crippen LogP contribution in [-0.2, 0) is 9.47 Å². The molecule has 1 fully saturated rings. The van der Waals surface area contributed by atoms with Crippen LogP contribution < -0.4 is 15.4 Å². The third kappa shape index (κ3) is 7.01. The van der Waals surface area contributed by atoms with Gasteiger partial charge in [0.05, 0.1) is 33.0 Å². The van der Waals surface area contributed by atoms with Crippen LogP contribution in [0.25, 0.3) is 0 Å². The number of ether oxygens (including phenoxy) is 3. The van der Waals surface area contributed by atoms with Crippen molar-refractivity contribution in [2.45, 2.75) is 18.9 Å². The molecule has 1 saturated heterocycles. The Balaban J connectivity index is 1.91. The monoisotopic (exact) mass is 378 g/mol. The predicted molar refractivity (Wildman–Crippen MR) is 109 cm³/mol. The van der Waals surface area contributed by atoms with E-state index in [1.165, 1.54) is 18.4 Å². The van der Waals surface area contributed by atoms with Crippen molar-refractivity contribution >= 4 is 5.96 Å². The van der Waals surface area contributed by atoms with Gasteiger partial charge in [-0.05, 0) is 32.0 Å². The molecule has 0 aromatic heterocycles. The van der Waals surface area contributed by atoms with Crippen LogP contribution >= 0.6 is 0 Å². The van der Waals surface area contributed by atoms with Gasteiger partial charge >= 0.3 is 0 Å². The van der Waals surface area contributed by atoms with Crippen molar-refractivity contribution in [1.82, 2.24) is 15.5 Å². The Hall–Kier alpha value is -1.83. The summed E-state index contributed by atoms with van der Waals surface area (Å²) < 4.78 is 16.1. The average molecular weight is 379 g/mol. The van der Waals surface area contributed by atoms with Gasteiger partial charge in [-0.15, -0.1) is 0 Å². The van der Waals surface area contributed by atoms with Gasteiger partial charge in [0.2, 0.25) is 0 Å². The molecule has 1 aliphatic heterocycles. The molecule has 7 nitrogen and oxygen atoms in total. The van der Waals surface area contributed by atoms with Gasteiger partial charge in [0.15, 0.2) is 5.96 Å². The SMILES string of the molecule is CN=C(NCCOCCOC)NCC(c1ccccc1OC)N1CCCC1. The highest BCUT2D eigenvalue weighted by molar-refractivity contribution is 5.79. The largest absolute Gasteiger partial charge is 0.496 e. The topological polar surface area (TPSA) is 67.4 Å². The van der Waals surface area contributed by atoms with Crippen molar-refractivity contribution in [2.75, 3.05) is 67.3 Å². The number of rotatable bonds is 11. The third-order valence-electron chi connectivity index (χ3n) is 4.74. The second-order valence-electron chi connectivity index (χ2n) is 6.49. The maximum atomic E-state index is 5.60. The highest BCUT2D eigenvalue weighted by Crippen LogP contribution is 2.31. The van der Waals surface area contributed by atoms with Gasteiger partial charge in [-0.3, -0.25) is 9.89 Å². The second-order valence-corrected chi connectivity index (χ2v) is 6.49. The molecule has 1 aliphatic rings. The van der Waals surface area contributed by atoms with Crippen LogP contribution in [0.15, 0.2) is 29.3 Å². The lowest BCUT2D eigenvalue weighted by Gasteiger charge is -2.30. The first-order valence-corrected chi connectivity index (χ1v) is 9.68. The number of hydrogen-bond acceptors (Lipinski definition) is 5. The quantitative estimate of drug-likeness (QED) is 0.347. The van der Waals surface area contributed by atoms with Gasteiger partial charge in [0.1, 0.15) is 5.75 Å². The fourth-order valence-corrected chi connectivity index (χ4v) is 3.33. The number of hydrogen-bond donors (Lipinski definition) is 2. The van der Waals surface area contributed by atoms with Crippen LogP contribution in [0.2, 0.25) is 0 Å². The maximum absolute atomic E-state index is 5.60. The van der Waals surface area contributed by atoms with Gasteiger partial charge in [-0.25, -0.2) is 0 Å². The van der Waals surface area contributed by atoms with Crippen LogP contribution in [0, 0.1) is 0 Å². The van der Waals surface area contributed by atoms with Crippen LogP contribution in [0.3, 0.4) is 0 Å². The second kappa shape index (κ2) is 12.5. The summed E-state index contributed by atoms with van der Waals surface area (Å²) in [6, 6.07) is 8.53. The first-order chi connectivity index (χ1) is 13.3. The molecule has 0 radical (unpaired) electrons. The molecular formula is C20H34N4O3. The summed E-state index contributed by atoms with van der Waals surface area (Å²) in [4.78, 5) is 6.84. The minimum Gasteiger partial charge on any atom is -0.496 e. The zero-order chi connectivity index (χ0) is 19.3. The number of nitrogens with zero attached hydrogens (tertiary/aromatic N) is 2. The highest BCUT2D eigenvalue weighted by Gasteiger charge is 2.25. The van der Waals surface area contributed by atoms with Crippen molar-refractivity contribution in [3.05, 3.63) is 29.8 Å². The number of methoxy groups -OCH3 is 2. The predicted octanol–water partition coefficient (Wildman–Crippen LogP) is 1.66. The molecule has 152 valence electrons. The Bertz CT molecular complexity index is 562. The van der Waals surface area contributed by atoms with Crippen LogP contribution in [0.4, 0.5) is 0 Å². The first-order valence-electron chi connectivity index (χ1n) is 9.68. The minimum absolute atomic E-state index is 0.250. The molecule has 0 spiro atoms. The number of para-hydroxylation sites is 1. The lowest BCUT2D eigenvalue weighted by atomic mass is 10.0. The molecule has 1 atom stereocenters. The number of aliphatic imine (C=N–C) groups is 1. The molecule has 27 heavy (non-hydrogen) atoms. The van der Waals surface area contributed by atoms with E-state index < -0.39 is 0 Å². The molecule has 0 aliphatic carbocycles. The van der Waals surface area contributed by atoms with Crippen molar-refractivity contribution in [2.24, 2.45) is 4.99 Å². The van der Waals surface area contributed by atoms with E-state index in [0.717, 1.165) is 31.3 Å². The molecule has 0 bridgehead atoms. The lowest BCUT2D eigenvalue weighted by molar-refractivity contribution is 0.0733. The van der Waals surface area contributed by atoms with E-state index in [0.29, 0.717) is 26.4 Å². The summed E-state index contributed by atoms with van der Waals surface area (Å²) in [7, 11) is 5.19. The van der Waals surface area contributed by atoms with E-state index in [2.05, 4.69) is 32.7 Å². The Morgan fingerprint density at radius 1 is 1.11 bits per heavy atom. The summed E-state index contributed by atoms with van der Waals surface area (Å²) in [6.07, 6.45) is 2.49. The van der Waals surface area contributed by atoms with E-state index in [-0.39, 0.29) is 6.04 Å². The molecule has 1 aromatic rings. The molecule has 2 rings (SSSR count). The molecule has 1 heterocycles. The molecular weight excluding hydrogens is 344 g/mol. The summed E-state index contributed by atoms with van der Waals surface area (Å²) in [5.41, 5.74) is 1.22. The number of likely N-dealkylation sites (tertiary alicyclic amines) is 1. The van der Waals surface area contributed by atoms with E-state index in [4.69, 9.17) is 14.2 Å². The number of benzene rings is 1. The van der Waals surface area contributed by atoms with Gasteiger partial charge < -0.3 is 24.8 Å². The molecule has 1 unspecified atom stereocenters. The van der Waals surface area contributed by atoms with Crippen molar-refractivity contribution < 1.29 is 14.2 Å². The summed E-state index contributed by atoms with van der Waals surface area (Å²) in [5, 5.41) is 6.76. The van der Waals surface area contributed by atoms with E-state index in [9.17, 15) is 0 Å². The first kappa shape index (κ1) is 21.5. The smallest absolute Gasteiger partial charge is 0.191 e. The van der Waals surface area contributed by atoms with Crippen molar-refractivity contribution in [3.8, 4) is 5.75 Å². The number of nitrogens with one attached hydrogen (secondary N) is 2. The maximum Gasteiger partial charge on any atom is 0.191 e. The lowest BCUT2D eigenvalue weighted by Crippen LogP contribution is -2.43.